The molecule has 2 aromatic rings. The van der Waals surface area contributed by atoms with Crippen LogP contribution < -0.4 is 4.72 Å². The SMILES string of the molecule is Cc1ccc(F)cc1S(=O)(=O)NCc1ncn[nH]1. The van der Waals surface area contributed by atoms with Gasteiger partial charge in [0.15, 0.2) is 0 Å². The molecule has 0 atom stereocenters. The molecule has 1 aromatic carbocycles. The van der Waals surface area contributed by atoms with Crippen molar-refractivity contribution < 1.29 is 12.8 Å². The molecule has 8 heteroatoms. The van der Waals surface area contributed by atoms with Crippen LogP contribution in [0.15, 0.2) is 29.4 Å². The Morgan fingerprint density at radius 1 is 1.44 bits per heavy atom. The van der Waals surface area contributed by atoms with Crippen LogP contribution in [0.5, 0.6) is 0 Å². The second-order valence-electron chi connectivity index (χ2n) is 3.67. The lowest BCUT2D eigenvalue weighted by atomic mass is 10.2. The lowest BCUT2D eigenvalue weighted by Gasteiger charge is -2.08. The number of benzene rings is 1. The fraction of sp³-hybridized carbons (Fsp3) is 0.200. The third kappa shape index (κ3) is 2.71. The van der Waals surface area contributed by atoms with Gasteiger partial charge in [-0.3, -0.25) is 5.10 Å². The van der Waals surface area contributed by atoms with Crippen molar-refractivity contribution in [1.29, 1.82) is 0 Å². The Balaban J connectivity index is 2.22. The molecule has 96 valence electrons. The lowest BCUT2D eigenvalue weighted by molar-refractivity contribution is 0.574. The minimum absolute atomic E-state index is 0.0295. The van der Waals surface area contributed by atoms with Crippen molar-refractivity contribution in [3.8, 4) is 0 Å². The molecule has 0 aliphatic heterocycles. The Morgan fingerprint density at radius 2 is 2.22 bits per heavy atom. The molecule has 2 N–H and O–H groups in total. The molecule has 0 aliphatic carbocycles. The molecule has 1 heterocycles. The van der Waals surface area contributed by atoms with E-state index in [-0.39, 0.29) is 11.4 Å². The van der Waals surface area contributed by atoms with Gasteiger partial charge in [0.05, 0.1) is 11.4 Å². The van der Waals surface area contributed by atoms with E-state index in [9.17, 15) is 12.8 Å². The van der Waals surface area contributed by atoms with E-state index in [1.54, 1.807) is 6.92 Å². The topological polar surface area (TPSA) is 87.7 Å². The van der Waals surface area contributed by atoms with Crippen molar-refractivity contribution in [1.82, 2.24) is 19.9 Å². The summed E-state index contributed by atoms with van der Waals surface area (Å²) >= 11 is 0. The summed E-state index contributed by atoms with van der Waals surface area (Å²) in [6.45, 7) is 1.57. The molecule has 0 spiro atoms. The molecule has 0 unspecified atom stereocenters. The third-order valence-corrected chi connectivity index (χ3v) is 3.88. The minimum Gasteiger partial charge on any atom is -0.262 e. The van der Waals surface area contributed by atoms with Crippen molar-refractivity contribution in [3.63, 3.8) is 0 Å². The first kappa shape index (κ1) is 12.7. The summed E-state index contributed by atoms with van der Waals surface area (Å²) in [6, 6.07) is 3.61. The molecular weight excluding hydrogens is 259 g/mol. The van der Waals surface area contributed by atoms with Crippen LogP contribution in [0.1, 0.15) is 11.4 Å². The second-order valence-corrected chi connectivity index (χ2v) is 5.40. The van der Waals surface area contributed by atoms with Gasteiger partial charge in [0, 0.05) is 0 Å². The maximum atomic E-state index is 13.1. The summed E-state index contributed by atoms with van der Waals surface area (Å²) in [5.41, 5.74) is 0.474. The van der Waals surface area contributed by atoms with Crippen LogP contribution in [0.4, 0.5) is 4.39 Å². The molecule has 2 rings (SSSR count). The molecule has 0 radical (unpaired) electrons. The number of nitrogens with zero attached hydrogens (tertiary/aromatic N) is 2. The molecule has 18 heavy (non-hydrogen) atoms. The van der Waals surface area contributed by atoms with Gasteiger partial charge >= 0.3 is 0 Å². The number of halogens is 1. The Hall–Kier alpha value is -1.80. The summed E-state index contributed by atoms with van der Waals surface area (Å²) in [4.78, 5) is 3.70. The normalized spacial score (nSPS) is 11.7. The largest absolute Gasteiger partial charge is 0.262 e. The first-order valence-electron chi connectivity index (χ1n) is 5.09. The first-order valence-corrected chi connectivity index (χ1v) is 6.57. The van der Waals surface area contributed by atoms with Gasteiger partial charge in [0.2, 0.25) is 10.0 Å². The molecular formula is C10H11FN4O2S. The number of H-pyrrole nitrogens is 1. The van der Waals surface area contributed by atoms with E-state index in [4.69, 9.17) is 0 Å². The summed E-state index contributed by atoms with van der Waals surface area (Å²) in [7, 11) is -3.77. The Bertz CT molecular complexity index is 640. The molecule has 0 bridgehead atoms. The summed E-state index contributed by atoms with van der Waals surface area (Å²) in [6.07, 6.45) is 1.27. The van der Waals surface area contributed by atoms with Gasteiger partial charge < -0.3 is 0 Å². The summed E-state index contributed by atoms with van der Waals surface area (Å²) in [5, 5.41) is 6.12. The van der Waals surface area contributed by atoms with E-state index in [0.717, 1.165) is 6.07 Å². The minimum atomic E-state index is -3.77. The quantitative estimate of drug-likeness (QED) is 0.857. The molecule has 0 amide bonds. The van der Waals surface area contributed by atoms with Crippen LogP contribution in [0, 0.1) is 12.7 Å². The third-order valence-electron chi connectivity index (χ3n) is 2.33. The van der Waals surface area contributed by atoms with Crippen LogP contribution in [-0.4, -0.2) is 23.6 Å². The zero-order chi connectivity index (χ0) is 13.2. The molecule has 0 saturated heterocycles. The number of rotatable bonds is 4. The second kappa shape index (κ2) is 4.83. The highest BCUT2D eigenvalue weighted by atomic mass is 32.2. The van der Waals surface area contributed by atoms with Gasteiger partial charge in [0.25, 0.3) is 0 Å². The molecule has 1 aromatic heterocycles. The molecule has 0 aliphatic rings. The van der Waals surface area contributed by atoms with Gasteiger partial charge in [-0.2, -0.15) is 5.10 Å². The molecule has 0 fully saturated rings. The van der Waals surface area contributed by atoms with Crippen molar-refractivity contribution in [3.05, 3.63) is 41.7 Å². The number of hydrogen-bond acceptors (Lipinski definition) is 4. The highest BCUT2D eigenvalue weighted by molar-refractivity contribution is 7.89. The summed E-state index contributed by atoms with van der Waals surface area (Å²) in [5.74, 6) is -0.215. The first-order chi connectivity index (χ1) is 8.49. The number of aromatic nitrogens is 3. The van der Waals surface area contributed by atoms with Gasteiger partial charge in [-0.25, -0.2) is 22.5 Å². The van der Waals surface area contributed by atoms with Gasteiger partial charge in [-0.15, -0.1) is 0 Å². The van der Waals surface area contributed by atoms with Gasteiger partial charge in [0.1, 0.15) is 18.0 Å². The van der Waals surface area contributed by atoms with Crippen LogP contribution in [-0.2, 0) is 16.6 Å². The average Bonchev–Trinajstić information content (AvgIpc) is 2.83. The van der Waals surface area contributed by atoms with E-state index >= 15 is 0 Å². The average molecular weight is 270 g/mol. The monoisotopic (exact) mass is 270 g/mol. The fourth-order valence-corrected chi connectivity index (χ4v) is 2.66. The summed E-state index contributed by atoms with van der Waals surface area (Å²) < 4.78 is 39.3. The van der Waals surface area contributed by atoms with E-state index in [1.165, 1.54) is 18.5 Å². The number of hydrogen-bond donors (Lipinski definition) is 2. The van der Waals surface area contributed by atoms with Crippen molar-refractivity contribution in [2.45, 2.75) is 18.4 Å². The van der Waals surface area contributed by atoms with Gasteiger partial charge in [-0.1, -0.05) is 6.07 Å². The number of sulfonamides is 1. The van der Waals surface area contributed by atoms with Crippen LogP contribution in [0.2, 0.25) is 0 Å². The maximum Gasteiger partial charge on any atom is 0.241 e. The van der Waals surface area contributed by atoms with Crippen molar-refractivity contribution >= 4 is 10.0 Å². The predicted molar refractivity (Wildman–Crippen MR) is 61.5 cm³/mol. The fourth-order valence-electron chi connectivity index (χ4n) is 1.42. The number of aryl methyl sites for hydroxylation is 1. The Kier molecular flexibility index (Phi) is 3.39. The molecule has 0 saturated carbocycles. The zero-order valence-electron chi connectivity index (χ0n) is 9.51. The zero-order valence-corrected chi connectivity index (χ0v) is 10.3. The highest BCUT2D eigenvalue weighted by Gasteiger charge is 2.17. The van der Waals surface area contributed by atoms with Gasteiger partial charge in [-0.05, 0) is 24.6 Å². The van der Waals surface area contributed by atoms with Crippen LogP contribution >= 0.6 is 0 Å². The maximum absolute atomic E-state index is 13.1. The Morgan fingerprint density at radius 3 is 2.89 bits per heavy atom. The van der Waals surface area contributed by atoms with Crippen molar-refractivity contribution in [2.24, 2.45) is 0 Å². The smallest absolute Gasteiger partial charge is 0.241 e. The predicted octanol–water partition coefficient (Wildman–Crippen LogP) is 0.731. The Labute approximate surface area is 103 Å². The van der Waals surface area contributed by atoms with E-state index in [2.05, 4.69) is 19.9 Å². The molecule has 6 nitrogen and oxygen atoms in total. The van der Waals surface area contributed by atoms with E-state index < -0.39 is 15.8 Å². The van der Waals surface area contributed by atoms with Crippen LogP contribution in [0.25, 0.3) is 0 Å². The van der Waals surface area contributed by atoms with Crippen molar-refractivity contribution in [2.75, 3.05) is 0 Å². The van der Waals surface area contributed by atoms with E-state index in [1.807, 2.05) is 0 Å². The number of aromatic amines is 1. The number of nitrogens with one attached hydrogen (secondary N) is 2. The highest BCUT2D eigenvalue weighted by Crippen LogP contribution is 2.16. The van der Waals surface area contributed by atoms with Crippen LogP contribution in [0.3, 0.4) is 0 Å². The standard InChI is InChI=1S/C10H11FN4O2S/c1-7-2-3-8(11)4-9(7)18(16,17)14-5-10-12-6-13-15-10/h2-4,6,14H,5H2,1H3,(H,12,13,15). The lowest BCUT2D eigenvalue weighted by Crippen LogP contribution is -2.24. The van der Waals surface area contributed by atoms with E-state index in [0.29, 0.717) is 11.4 Å².